The Morgan fingerprint density at radius 3 is 1.90 bits per heavy atom. The van der Waals surface area contributed by atoms with Gasteiger partial charge >= 0.3 is 0 Å². The van der Waals surface area contributed by atoms with Crippen LogP contribution in [-0.2, 0) is 0 Å². The van der Waals surface area contributed by atoms with Crippen molar-refractivity contribution in [1.82, 2.24) is 0 Å². The summed E-state index contributed by atoms with van der Waals surface area (Å²) in [6, 6.07) is 0. The molecule has 1 aliphatic carbocycles. The molecule has 1 saturated carbocycles. The van der Waals surface area contributed by atoms with Crippen molar-refractivity contribution >= 4 is 0 Å². The highest BCUT2D eigenvalue weighted by Gasteiger charge is 2.26. The molecule has 0 saturated heterocycles. The van der Waals surface area contributed by atoms with Gasteiger partial charge in [0, 0.05) is 0 Å². The van der Waals surface area contributed by atoms with Gasteiger partial charge in [-0.3, -0.25) is 0 Å². The van der Waals surface area contributed by atoms with Gasteiger partial charge in [-0.2, -0.15) is 0 Å². The molecule has 3 unspecified atom stereocenters. The monoisotopic (exact) mass is 295 g/mol. The quantitative estimate of drug-likeness (QED) is 0.419. The number of hydrogen-bond acceptors (Lipinski definition) is 1. The second-order valence-electron chi connectivity index (χ2n) is 7.64. The van der Waals surface area contributed by atoms with E-state index in [1.54, 1.807) is 0 Å². The predicted octanol–water partition coefficient (Wildman–Crippen LogP) is 6.31. The fourth-order valence-electron chi connectivity index (χ4n) is 4.12. The molecule has 1 rings (SSSR count). The molecule has 0 aromatic heterocycles. The highest BCUT2D eigenvalue weighted by atomic mass is 14.6. The average Bonchev–Trinajstić information content (AvgIpc) is 2.49. The molecule has 126 valence electrons. The molecule has 0 aliphatic heterocycles. The van der Waals surface area contributed by atoms with Crippen molar-refractivity contribution in [3.8, 4) is 0 Å². The van der Waals surface area contributed by atoms with Crippen LogP contribution in [0.2, 0.25) is 0 Å². The molecule has 0 aromatic rings. The van der Waals surface area contributed by atoms with E-state index in [0.29, 0.717) is 0 Å². The molecule has 0 radical (unpaired) electrons. The Morgan fingerprint density at radius 1 is 0.762 bits per heavy atom. The van der Waals surface area contributed by atoms with Crippen LogP contribution < -0.4 is 5.73 Å². The van der Waals surface area contributed by atoms with Crippen LogP contribution in [-0.4, -0.2) is 6.54 Å². The van der Waals surface area contributed by atoms with E-state index in [4.69, 9.17) is 5.73 Å². The molecule has 0 spiro atoms. The Kier molecular flexibility index (Phi) is 11.3. The molecule has 0 aromatic carbocycles. The van der Waals surface area contributed by atoms with Crippen molar-refractivity contribution in [2.75, 3.05) is 6.54 Å². The van der Waals surface area contributed by atoms with Crippen molar-refractivity contribution in [2.45, 2.75) is 104 Å². The van der Waals surface area contributed by atoms with E-state index in [0.717, 1.165) is 24.3 Å². The Labute approximate surface area is 134 Å². The van der Waals surface area contributed by atoms with E-state index in [-0.39, 0.29) is 0 Å². The standard InChI is InChI=1S/C20H41N/c1-3-4-5-6-7-8-9-10-11-12-13-19-16-18(2)14-15-20(19)17-21/h18-20H,3-17,21H2,1-2H3. The largest absolute Gasteiger partial charge is 0.330 e. The van der Waals surface area contributed by atoms with Gasteiger partial charge in [0.25, 0.3) is 0 Å². The van der Waals surface area contributed by atoms with Crippen LogP contribution in [0.15, 0.2) is 0 Å². The first kappa shape index (κ1) is 19.0. The highest BCUT2D eigenvalue weighted by molar-refractivity contribution is 4.79. The zero-order valence-corrected chi connectivity index (χ0v) is 14.9. The first-order valence-corrected chi connectivity index (χ1v) is 9.98. The molecule has 0 amide bonds. The van der Waals surface area contributed by atoms with Crippen LogP contribution in [0.4, 0.5) is 0 Å². The number of unbranched alkanes of at least 4 members (excludes halogenated alkanes) is 9. The molecule has 1 aliphatic rings. The first-order chi connectivity index (χ1) is 10.3. The number of nitrogens with two attached hydrogens (primary N) is 1. The van der Waals surface area contributed by atoms with E-state index < -0.39 is 0 Å². The third kappa shape index (κ3) is 8.86. The van der Waals surface area contributed by atoms with Gasteiger partial charge < -0.3 is 5.73 Å². The third-order valence-corrected chi connectivity index (χ3v) is 5.63. The molecule has 1 nitrogen and oxygen atoms in total. The van der Waals surface area contributed by atoms with Gasteiger partial charge in [-0.1, -0.05) is 90.9 Å². The predicted molar refractivity (Wildman–Crippen MR) is 95.5 cm³/mol. The summed E-state index contributed by atoms with van der Waals surface area (Å²) in [5.74, 6) is 2.72. The minimum Gasteiger partial charge on any atom is -0.330 e. The summed E-state index contributed by atoms with van der Waals surface area (Å²) in [5, 5.41) is 0. The minimum atomic E-state index is 0.833. The summed E-state index contributed by atoms with van der Waals surface area (Å²) in [7, 11) is 0. The fourth-order valence-corrected chi connectivity index (χ4v) is 4.12. The third-order valence-electron chi connectivity index (χ3n) is 5.63. The Hall–Kier alpha value is -0.0400. The second-order valence-corrected chi connectivity index (χ2v) is 7.64. The Bertz CT molecular complexity index is 226. The summed E-state index contributed by atoms with van der Waals surface area (Å²) in [5.41, 5.74) is 5.96. The average molecular weight is 296 g/mol. The Balaban J connectivity index is 1.93. The van der Waals surface area contributed by atoms with Gasteiger partial charge in [0.05, 0.1) is 0 Å². The van der Waals surface area contributed by atoms with Crippen LogP contribution in [0.25, 0.3) is 0 Å². The van der Waals surface area contributed by atoms with Crippen molar-refractivity contribution in [3.63, 3.8) is 0 Å². The molecule has 1 fully saturated rings. The zero-order chi connectivity index (χ0) is 15.3. The van der Waals surface area contributed by atoms with Crippen LogP contribution in [0, 0.1) is 17.8 Å². The van der Waals surface area contributed by atoms with Crippen LogP contribution in [0.1, 0.15) is 104 Å². The second kappa shape index (κ2) is 12.5. The first-order valence-electron chi connectivity index (χ1n) is 9.98. The van der Waals surface area contributed by atoms with Gasteiger partial charge in [-0.25, -0.2) is 0 Å². The van der Waals surface area contributed by atoms with Crippen molar-refractivity contribution in [2.24, 2.45) is 23.5 Å². The lowest BCUT2D eigenvalue weighted by Crippen LogP contribution is -2.29. The summed E-state index contributed by atoms with van der Waals surface area (Å²) in [4.78, 5) is 0. The molecule has 2 N–H and O–H groups in total. The van der Waals surface area contributed by atoms with Gasteiger partial charge in [0.15, 0.2) is 0 Å². The van der Waals surface area contributed by atoms with Gasteiger partial charge in [0.1, 0.15) is 0 Å². The van der Waals surface area contributed by atoms with Crippen molar-refractivity contribution in [3.05, 3.63) is 0 Å². The maximum Gasteiger partial charge on any atom is -0.00462 e. The smallest absolute Gasteiger partial charge is 0.00462 e. The van der Waals surface area contributed by atoms with Gasteiger partial charge in [-0.15, -0.1) is 0 Å². The van der Waals surface area contributed by atoms with E-state index in [9.17, 15) is 0 Å². The Morgan fingerprint density at radius 2 is 1.33 bits per heavy atom. The lowest BCUT2D eigenvalue weighted by Gasteiger charge is -2.34. The SMILES string of the molecule is CCCCCCCCCCCCC1CC(C)CCC1CN. The van der Waals surface area contributed by atoms with Crippen molar-refractivity contribution < 1.29 is 0 Å². The maximum atomic E-state index is 5.96. The molecular formula is C20H41N. The van der Waals surface area contributed by atoms with E-state index in [1.165, 1.54) is 89.9 Å². The normalized spacial score (nSPS) is 26.1. The molecule has 1 heteroatoms. The minimum absolute atomic E-state index is 0.833. The van der Waals surface area contributed by atoms with E-state index in [2.05, 4.69) is 13.8 Å². The molecule has 3 atom stereocenters. The summed E-state index contributed by atoms with van der Waals surface area (Å²) in [6.07, 6.45) is 20.2. The summed E-state index contributed by atoms with van der Waals surface area (Å²) < 4.78 is 0. The van der Waals surface area contributed by atoms with E-state index in [1.807, 2.05) is 0 Å². The van der Waals surface area contributed by atoms with Gasteiger partial charge in [-0.05, 0) is 37.1 Å². The molecule has 0 bridgehead atoms. The summed E-state index contributed by atoms with van der Waals surface area (Å²) >= 11 is 0. The molecular weight excluding hydrogens is 254 g/mol. The van der Waals surface area contributed by atoms with Crippen LogP contribution >= 0.6 is 0 Å². The lowest BCUT2D eigenvalue weighted by molar-refractivity contribution is 0.180. The van der Waals surface area contributed by atoms with E-state index >= 15 is 0 Å². The highest BCUT2D eigenvalue weighted by Crippen LogP contribution is 2.36. The lowest BCUT2D eigenvalue weighted by atomic mass is 9.72. The molecule has 21 heavy (non-hydrogen) atoms. The fraction of sp³-hybridized carbons (Fsp3) is 1.00. The number of hydrogen-bond donors (Lipinski definition) is 1. The van der Waals surface area contributed by atoms with Gasteiger partial charge in [0.2, 0.25) is 0 Å². The molecule has 0 heterocycles. The zero-order valence-electron chi connectivity index (χ0n) is 14.9. The van der Waals surface area contributed by atoms with Crippen LogP contribution in [0.3, 0.4) is 0 Å². The van der Waals surface area contributed by atoms with Crippen molar-refractivity contribution in [1.29, 1.82) is 0 Å². The maximum absolute atomic E-state index is 5.96. The summed E-state index contributed by atoms with van der Waals surface area (Å²) in [6.45, 7) is 5.65. The van der Waals surface area contributed by atoms with Crippen LogP contribution in [0.5, 0.6) is 0 Å². The topological polar surface area (TPSA) is 26.0 Å². The number of rotatable bonds is 12.